The van der Waals surface area contributed by atoms with Gasteiger partial charge in [0.1, 0.15) is 11.1 Å². The van der Waals surface area contributed by atoms with Gasteiger partial charge in [-0.1, -0.05) is 55.3 Å². The molecule has 1 atom stereocenters. The van der Waals surface area contributed by atoms with Gasteiger partial charge in [0.05, 0.1) is 18.4 Å². The van der Waals surface area contributed by atoms with E-state index in [4.69, 9.17) is 16.7 Å². The zero-order chi connectivity index (χ0) is 16.8. The molecule has 0 aliphatic rings. The second-order valence-corrected chi connectivity index (χ2v) is 5.52. The predicted molar refractivity (Wildman–Crippen MR) is 89.0 cm³/mol. The van der Waals surface area contributed by atoms with Gasteiger partial charge in [-0.2, -0.15) is 5.10 Å². The van der Waals surface area contributed by atoms with Crippen LogP contribution in [0.4, 0.5) is 5.69 Å². The normalized spacial score (nSPS) is 11.9. The minimum atomic E-state index is -0.989. The smallest absolute Gasteiger partial charge is 0.326 e. The highest BCUT2D eigenvalue weighted by molar-refractivity contribution is 6.33. The van der Waals surface area contributed by atoms with Crippen molar-refractivity contribution >= 4 is 23.3 Å². The lowest BCUT2D eigenvalue weighted by atomic mass is 10.1. The second-order valence-electron chi connectivity index (χ2n) is 5.14. The number of carboxylic acids is 1. The quantitative estimate of drug-likeness (QED) is 0.812. The number of aliphatic carboxylic acids is 1. The number of hydrogen-bond donors (Lipinski definition) is 2. The summed E-state index contributed by atoms with van der Waals surface area (Å²) >= 11 is 6.08. The Morgan fingerprint density at radius 3 is 2.70 bits per heavy atom. The third kappa shape index (κ3) is 4.32. The van der Waals surface area contributed by atoms with Crippen LogP contribution in [0.1, 0.15) is 25.3 Å². The number of carboxylic acid groups (broad SMARTS) is 1. The molecular formula is C16H18ClN3O3. The molecule has 0 spiro atoms. The predicted octanol–water partition coefficient (Wildman–Crippen LogP) is 2.61. The molecule has 1 unspecified atom stereocenters. The maximum Gasteiger partial charge on any atom is 0.326 e. The molecule has 1 aromatic heterocycles. The van der Waals surface area contributed by atoms with Gasteiger partial charge in [0, 0.05) is 0 Å². The summed E-state index contributed by atoms with van der Waals surface area (Å²) in [5.41, 5.74) is 0.705. The Kier molecular flexibility index (Phi) is 5.76. The average molecular weight is 336 g/mol. The van der Waals surface area contributed by atoms with Gasteiger partial charge >= 0.3 is 5.97 Å². The van der Waals surface area contributed by atoms with Crippen molar-refractivity contribution in [3.63, 3.8) is 0 Å². The van der Waals surface area contributed by atoms with Crippen LogP contribution in [0.15, 0.2) is 41.3 Å². The van der Waals surface area contributed by atoms with Crippen LogP contribution in [-0.4, -0.2) is 26.9 Å². The molecule has 0 radical (unpaired) electrons. The molecule has 0 saturated heterocycles. The molecule has 0 bridgehead atoms. The van der Waals surface area contributed by atoms with E-state index in [-0.39, 0.29) is 10.7 Å². The first-order valence-corrected chi connectivity index (χ1v) is 7.69. The van der Waals surface area contributed by atoms with Crippen LogP contribution in [0, 0.1) is 0 Å². The Hall–Kier alpha value is -2.34. The molecule has 1 aromatic carbocycles. The number of nitrogens with one attached hydrogen (secondary N) is 1. The number of nitrogens with zero attached hydrogens (tertiary/aromatic N) is 2. The molecule has 0 fully saturated rings. The second kappa shape index (κ2) is 7.78. The Labute approximate surface area is 138 Å². The van der Waals surface area contributed by atoms with E-state index >= 15 is 0 Å². The zero-order valence-corrected chi connectivity index (χ0v) is 13.5. The van der Waals surface area contributed by atoms with E-state index in [1.54, 1.807) is 0 Å². The minimum Gasteiger partial charge on any atom is -0.480 e. The number of halogens is 1. The fourth-order valence-electron chi connectivity index (χ4n) is 2.17. The number of aromatic nitrogens is 2. The topological polar surface area (TPSA) is 84.2 Å². The van der Waals surface area contributed by atoms with Gasteiger partial charge in [0.25, 0.3) is 5.56 Å². The minimum absolute atomic E-state index is 0.0571. The molecule has 7 heteroatoms. The number of rotatable bonds is 7. The molecule has 2 aromatic rings. The lowest BCUT2D eigenvalue weighted by Crippen LogP contribution is -2.31. The van der Waals surface area contributed by atoms with Gasteiger partial charge in [0.2, 0.25) is 0 Å². The van der Waals surface area contributed by atoms with Crippen LogP contribution in [-0.2, 0) is 11.3 Å². The number of anilines is 1. The molecule has 122 valence electrons. The van der Waals surface area contributed by atoms with Crippen LogP contribution >= 0.6 is 11.6 Å². The molecule has 0 aliphatic heterocycles. The van der Waals surface area contributed by atoms with Gasteiger partial charge in [-0.05, 0) is 12.0 Å². The summed E-state index contributed by atoms with van der Waals surface area (Å²) in [5.74, 6) is -0.989. The van der Waals surface area contributed by atoms with Crippen molar-refractivity contribution in [1.82, 2.24) is 9.78 Å². The standard InChI is InChI=1S/C16H18ClN3O3/c1-2-6-12(16(22)23)19-13-9-18-20(15(21)14(13)17)10-11-7-4-3-5-8-11/h3-5,7-9,12,19H,2,6,10H2,1H3,(H,22,23). The summed E-state index contributed by atoms with van der Waals surface area (Å²) in [5, 5.41) is 16.0. The molecule has 23 heavy (non-hydrogen) atoms. The van der Waals surface area contributed by atoms with Crippen molar-refractivity contribution in [2.45, 2.75) is 32.4 Å². The highest BCUT2D eigenvalue weighted by atomic mass is 35.5. The molecule has 0 saturated carbocycles. The van der Waals surface area contributed by atoms with Gasteiger partial charge in [0.15, 0.2) is 0 Å². The molecule has 6 nitrogen and oxygen atoms in total. The van der Waals surface area contributed by atoms with Crippen molar-refractivity contribution in [2.24, 2.45) is 0 Å². The maximum atomic E-state index is 12.3. The fourth-order valence-corrected chi connectivity index (χ4v) is 2.37. The first kappa shape index (κ1) is 17.0. The molecule has 0 amide bonds. The average Bonchev–Trinajstić information content (AvgIpc) is 2.54. The summed E-state index contributed by atoms with van der Waals surface area (Å²) in [6.45, 7) is 2.19. The summed E-state index contributed by atoms with van der Waals surface area (Å²) in [4.78, 5) is 23.5. The third-order valence-electron chi connectivity index (χ3n) is 3.37. The van der Waals surface area contributed by atoms with E-state index < -0.39 is 17.6 Å². The lowest BCUT2D eigenvalue weighted by Gasteiger charge is -2.16. The van der Waals surface area contributed by atoms with Crippen LogP contribution in [0.25, 0.3) is 0 Å². The van der Waals surface area contributed by atoms with E-state index in [1.165, 1.54) is 10.9 Å². The van der Waals surface area contributed by atoms with Crippen molar-refractivity contribution in [3.05, 3.63) is 57.5 Å². The van der Waals surface area contributed by atoms with Crippen LogP contribution in [0.2, 0.25) is 5.02 Å². The van der Waals surface area contributed by atoms with E-state index in [1.807, 2.05) is 37.3 Å². The van der Waals surface area contributed by atoms with Crippen molar-refractivity contribution in [1.29, 1.82) is 0 Å². The Morgan fingerprint density at radius 2 is 2.09 bits per heavy atom. The highest BCUT2D eigenvalue weighted by Crippen LogP contribution is 2.18. The number of benzene rings is 1. The molecule has 1 heterocycles. The SMILES string of the molecule is CCCC(Nc1cnn(Cc2ccccc2)c(=O)c1Cl)C(=O)O. The molecule has 0 aliphatic carbocycles. The summed E-state index contributed by atoms with van der Waals surface area (Å²) in [6, 6.07) is 8.61. The van der Waals surface area contributed by atoms with Crippen molar-refractivity contribution < 1.29 is 9.90 Å². The van der Waals surface area contributed by atoms with E-state index in [0.29, 0.717) is 19.4 Å². The Morgan fingerprint density at radius 1 is 1.39 bits per heavy atom. The fraction of sp³-hybridized carbons (Fsp3) is 0.312. The zero-order valence-electron chi connectivity index (χ0n) is 12.7. The monoisotopic (exact) mass is 335 g/mol. The van der Waals surface area contributed by atoms with E-state index in [9.17, 15) is 9.59 Å². The summed E-state index contributed by atoms with van der Waals surface area (Å²) < 4.78 is 1.25. The number of carbonyl (C=O) groups is 1. The molecule has 2 rings (SSSR count). The van der Waals surface area contributed by atoms with E-state index in [2.05, 4.69) is 10.4 Å². The van der Waals surface area contributed by atoms with Gasteiger partial charge < -0.3 is 10.4 Å². The molecular weight excluding hydrogens is 318 g/mol. The maximum absolute atomic E-state index is 12.3. The van der Waals surface area contributed by atoms with Crippen LogP contribution < -0.4 is 10.9 Å². The summed E-state index contributed by atoms with van der Waals surface area (Å²) in [7, 11) is 0. The largest absolute Gasteiger partial charge is 0.480 e. The highest BCUT2D eigenvalue weighted by Gasteiger charge is 2.19. The Bertz CT molecular complexity index is 731. The van der Waals surface area contributed by atoms with E-state index in [0.717, 1.165) is 5.56 Å². The Balaban J connectivity index is 2.23. The first-order valence-electron chi connectivity index (χ1n) is 7.31. The lowest BCUT2D eigenvalue weighted by molar-refractivity contribution is -0.138. The van der Waals surface area contributed by atoms with Crippen molar-refractivity contribution in [2.75, 3.05) is 5.32 Å². The third-order valence-corrected chi connectivity index (χ3v) is 3.73. The summed E-state index contributed by atoms with van der Waals surface area (Å²) in [6.07, 6.45) is 2.51. The van der Waals surface area contributed by atoms with Gasteiger partial charge in [-0.25, -0.2) is 9.48 Å². The molecule has 2 N–H and O–H groups in total. The van der Waals surface area contributed by atoms with Crippen LogP contribution in [0.5, 0.6) is 0 Å². The van der Waals surface area contributed by atoms with Crippen LogP contribution in [0.3, 0.4) is 0 Å². The number of hydrogen-bond acceptors (Lipinski definition) is 4. The van der Waals surface area contributed by atoms with Gasteiger partial charge in [-0.3, -0.25) is 4.79 Å². The van der Waals surface area contributed by atoms with Gasteiger partial charge in [-0.15, -0.1) is 0 Å². The van der Waals surface area contributed by atoms with Crippen molar-refractivity contribution in [3.8, 4) is 0 Å². The first-order chi connectivity index (χ1) is 11.0.